The van der Waals surface area contributed by atoms with Crippen molar-refractivity contribution in [2.24, 2.45) is 0 Å². The molecule has 0 fully saturated rings. The quantitative estimate of drug-likeness (QED) is 0.630. The summed E-state index contributed by atoms with van der Waals surface area (Å²) < 4.78 is 16.4. The van der Waals surface area contributed by atoms with Crippen LogP contribution in [0.3, 0.4) is 0 Å². The molecule has 0 aliphatic carbocycles. The van der Waals surface area contributed by atoms with Crippen molar-refractivity contribution in [1.82, 2.24) is 0 Å². The molecule has 0 bridgehead atoms. The monoisotopic (exact) mass is 365 g/mol. The molecule has 0 spiro atoms. The Kier molecular flexibility index (Phi) is 8.58. The Morgan fingerprint density at radius 3 is 2.38 bits per heavy atom. The average Bonchev–Trinajstić information content (AvgIpc) is 2.56. The van der Waals surface area contributed by atoms with Gasteiger partial charge in [-0.25, -0.2) is 4.79 Å². The standard InChI is InChI=1S/C20H31NO5/c1-7-12-20(6,25-9-3)19(23)21-15-10-11-17(26-14(4)5)16(13-15)18(22)24-8-2/h10-11,13-14H,7-9,12H2,1-6H3,(H,21,23). The van der Waals surface area contributed by atoms with E-state index in [2.05, 4.69) is 5.32 Å². The third-order valence-corrected chi connectivity index (χ3v) is 3.77. The van der Waals surface area contributed by atoms with Crippen LogP contribution in [0.1, 0.15) is 64.7 Å². The molecule has 0 aliphatic rings. The Balaban J connectivity index is 3.11. The number of anilines is 1. The predicted octanol–water partition coefficient (Wildman–Crippen LogP) is 4.18. The van der Waals surface area contributed by atoms with Gasteiger partial charge in [-0.15, -0.1) is 0 Å². The van der Waals surface area contributed by atoms with E-state index in [0.29, 0.717) is 24.5 Å². The number of carbonyl (C=O) groups is 2. The molecule has 6 nitrogen and oxygen atoms in total. The van der Waals surface area contributed by atoms with Crippen LogP contribution in [-0.2, 0) is 14.3 Å². The maximum atomic E-state index is 12.7. The molecule has 146 valence electrons. The van der Waals surface area contributed by atoms with E-state index >= 15 is 0 Å². The van der Waals surface area contributed by atoms with Gasteiger partial charge in [0, 0.05) is 12.3 Å². The topological polar surface area (TPSA) is 73.9 Å². The van der Waals surface area contributed by atoms with Gasteiger partial charge in [0.2, 0.25) is 0 Å². The Morgan fingerprint density at radius 2 is 1.85 bits per heavy atom. The largest absolute Gasteiger partial charge is 0.490 e. The molecule has 1 rings (SSSR count). The lowest BCUT2D eigenvalue weighted by Crippen LogP contribution is -2.42. The average molecular weight is 365 g/mol. The number of benzene rings is 1. The van der Waals surface area contributed by atoms with E-state index in [9.17, 15) is 9.59 Å². The second-order valence-electron chi connectivity index (χ2n) is 6.47. The summed E-state index contributed by atoms with van der Waals surface area (Å²) in [5, 5.41) is 2.84. The summed E-state index contributed by atoms with van der Waals surface area (Å²) in [6, 6.07) is 4.95. The molecule has 0 heterocycles. The van der Waals surface area contributed by atoms with Gasteiger partial charge in [-0.1, -0.05) is 13.3 Å². The molecule has 6 heteroatoms. The fourth-order valence-corrected chi connectivity index (χ4v) is 2.64. The zero-order valence-corrected chi connectivity index (χ0v) is 16.7. The molecule has 0 saturated heterocycles. The summed E-state index contributed by atoms with van der Waals surface area (Å²) in [6.07, 6.45) is 1.33. The van der Waals surface area contributed by atoms with Crippen molar-refractivity contribution in [3.8, 4) is 5.75 Å². The lowest BCUT2D eigenvalue weighted by Gasteiger charge is -2.28. The minimum Gasteiger partial charge on any atom is -0.490 e. The second-order valence-corrected chi connectivity index (χ2v) is 6.47. The van der Waals surface area contributed by atoms with Crippen LogP contribution in [0.25, 0.3) is 0 Å². The molecule has 0 saturated carbocycles. The maximum absolute atomic E-state index is 12.7. The Bertz CT molecular complexity index is 606. The van der Waals surface area contributed by atoms with E-state index in [1.165, 1.54) is 0 Å². The van der Waals surface area contributed by atoms with Gasteiger partial charge in [0.1, 0.15) is 16.9 Å². The Hall–Kier alpha value is -2.08. The molecule has 0 aliphatic heterocycles. The number of amides is 1. The minimum atomic E-state index is -0.916. The van der Waals surface area contributed by atoms with E-state index in [1.54, 1.807) is 32.0 Å². The molecule has 1 N–H and O–H groups in total. The molecule has 0 radical (unpaired) electrons. The number of rotatable bonds is 10. The van der Waals surface area contributed by atoms with Crippen LogP contribution in [0.15, 0.2) is 18.2 Å². The Morgan fingerprint density at radius 1 is 1.15 bits per heavy atom. The highest BCUT2D eigenvalue weighted by atomic mass is 16.5. The third-order valence-electron chi connectivity index (χ3n) is 3.77. The fraction of sp³-hybridized carbons (Fsp3) is 0.600. The number of ether oxygens (including phenoxy) is 3. The van der Waals surface area contributed by atoms with Crippen LogP contribution >= 0.6 is 0 Å². The highest BCUT2D eigenvalue weighted by Crippen LogP contribution is 2.27. The van der Waals surface area contributed by atoms with Gasteiger partial charge in [0.15, 0.2) is 0 Å². The van der Waals surface area contributed by atoms with Crippen LogP contribution in [-0.4, -0.2) is 36.8 Å². The first-order valence-corrected chi connectivity index (χ1v) is 9.20. The molecule has 1 aromatic rings. The first-order valence-electron chi connectivity index (χ1n) is 9.20. The van der Waals surface area contributed by atoms with Crippen molar-refractivity contribution < 1.29 is 23.8 Å². The lowest BCUT2D eigenvalue weighted by molar-refractivity contribution is -0.139. The van der Waals surface area contributed by atoms with Gasteiger partial charge < -0.3 is 19.5 Å². The Labute approximate surface area is 156 Å². The predicted molar refractivity (Wildman–Crippen MR) is 102 cm³/mol. The van der Waals surface area contributed by atoms with Gasteiger partial charge in [0.25, 0.3) is 5.91 Å². The lowest BCUT2D eigenvalue weighted by atomic mass is 9.99. The SMILES string of the molecule is CCCC(C)(OCC)C(=O)Nc1ccc(OC(C)C)c(C(=O)OCC)c1. The number of hydrogen-bond acceptors (Lipinski definition) is 5. The molecule has 1 aromatic carbocycles. The molecule has 1 amide bonds. The van der Waals surface area contributed by atoms with E-state index < -0.39 is 11.6 Å². The number of carbonyl (C=O) groups excluding carboxylic acids is 2. The number of nitrogens with one attached hydrogen (secondary N) is 1. The van der Waals surface area contributed by atoms with E-state index in [-0.39, 0.29) is 24.2 Å². The highest BCUT2D eigenvalue weighted by Gasteiger charge is 2.33. The van der Waals surface area contributed by atoms with Crippen molar-refractivity contribution in [3.05, 3.63) is 23.8 Å². The smallest absolute Gasteiger partial charge is 0.341 e. The molecule has 0 aromatic heterocycles. The van der Waals surface area contributed by atoms with Crippen LogP contribution < -0.4 is 10.1 Å². The number of hydrogen-bond donors (Lipinski definition) is 1. The van der Waals surface area contributed by atoms with E-state index in [0.717, 1.165) is 6.42 Å². The normalized spacial score (nSPS) is 13.2. The fourth-order valence-electron chi connectivity index (χ4n) is 2.64. The highest BCUT2D eigenvalue weighted by molar-refractivity contribution is 5.99. The number of esters is 1. The minimum absolute atomic E-state index is 0.0885. The molecule has 26 heavy (non-hydrogen) atoms. The van der Waals surface area contributed by atoms with E-state index in [4.69, 9.17) is 14.2 Å². The summed E-state index contributed by atoms with van der Waals surface area (Å²) in [4.78, 5) is 24.9. The van der Waals surface area contributed by atoms with Gasteiger partial charge in [-0.3, -0.25) is 4.79 Å². The molecule has 1 unspecified atom stereocenters. The first-order chi connectivity index (χ1) is 12.3. The van der Waals surface area contributed by atoms with Crippen molar-refractivity contribution >= 4 is 17.6 Å². The van der Waals surface area contributed by atoms with E-state index in [1.807, 2.05) is 27.7 Å². The van der Waals surface area contributed by atoms with Crippen molar-refractivity contribution in [2.75, 3.05) is 18.5 Å². The van der Waals surface area contributed by atoms with Crippen molar-refractivity contribution in [1.29, 1.82) is 0 Å². The first kappa shape index (κ1) is 22.0. The van der Waals surface area contributed by atoms with Gasteiger partial charge in [-0.05, 0) is 59.2 Å². The zero-order valence-electron chi connectivity index (χ0n) is 16.7. The van der Waals surface area contributed by atoms with Crippen molar-refractivity contribution in [2.45, 2.75) is 66.1 Å². The molecular weight excluding hydrogens is 334 g/mol. The maximum Gasteiger partial charge on any atom is 0.341 e. The van der Waals surface area contributed by atoms with Crippen LogP contribution in [0.2, 0.25) is 0 Å². The summed E-state index contributed by atoms with van der Waals surface area (Å²) in [7, 11) is 0. The second kappa shape index (κ2) is 10.2. The van der Waals surface area contributed by atoms with Gasteiger partial charge >= 0.3 is 5.97 Å². The summed E-state index contributed by atoms with van der Waals surface area (Å²) in [6.45, 7) is 11.8. The van der Waals surface area contributed by atoms with Crippen LogP contribution in [0.4, 0.5) is 5.69 Å². The third kappa shape index (κ3) is 6.02. The van der Waals surface area contributed by atoms with Crippen LogP contribution in [0, 0.1) is 0 Å². The van der Waals surface area contributed by atoms with Gasteiger partial charge in [0.05, 0.1) is 12.7 Å². The molecule has 1 atom stereocenters. The molecular formula is C20H31NO5. The summed E-state index contributed by atoms with van der Waals surface area (Å²) in [5.74, 6) is -0.300. The zero-order chi connectivity index (χ0) is 19.7. The summed E-state index contributed by atoms with van der Waals surface area (Å²) >= 11 is 0. The van der Waals surface area contributed by atoms with Gasteiger partial charge in [-0.2, -0.15) is 0 Å². The van der Waals surface area contributed by atoms with Crippen LogP contribution in [0.5, 0.6) is 5.75 Å². The summed E-state index contributed by atoms with van der Waals surface area (Å²) in [5.41, 5.74) is -0.135. The van der Waals surface area contributed by atoms with Crippen molar-refractivity contribution in [3.63, 3.8) is 0 Å².